The van der Waals surface area contributed by atoms with Crippen LogP contribution in [0, 0.1) is 0 Å². The third-order valence-electron chi connectivity index (χ3n) is 2.49. The zero-order chi connectivity index (χ0) is 13.8. The van der Waals surface area contributed by atoms with Gasteiger partial charge in [-0.25, -0.2) is 8.78 Å². The van der Waals surface area contributed by atoms with E-state index in [9.17, 15) is 17.6 Å². The molecule has 98 valence electrons. The topological polar surface area (TPSA) is 20.2 Å². The van der Waals surface area contributed by atoms with E-state index in [1.807, 2.05) is 0 Å². The van der Waals surface area contributed by atoms with Gasteiger partial charge in [-0.2, -0.15) is 8.78 Å². The zero-order valence-corrected chi connectivity index (χ0v) is 9.47. The van der Waals surface area contributed by atoms with Crippen LogP contribution >= 0.6 is 0 Å². The quantitative estimate of drug-likeness (QED) is 0.606. The van der Waals surface area contributed by atoms with Gasteiger partial charge >= 0.3 is 6.08 Å². The van der Waals surface area contributed by atoms with E-state index in [-0.39, 0.29) is 17.7 Å². The van der Waals surface area contributed by atoms with Crippen molar-refractivity contribution in [3.63, 3.8) is 0 Å². The van der Waals surface area contributed by atoms with Gasteiger partial charge in [0.2, 0.25) is 0 Å². The minimum atomic E-state index is -2.53. The summed E-state index contributed by atoms with van der Waals surface area (Å²) in [5.74, 6) is -1.88. The Balaban J connectivity index is 3.10. The molecule has 0 aromatic heterocycles. The Morgan fingerprint density at radius 1 is 1.22 bits per heavy atom. The van der Waals surface area contributed by atoms with Gasteiger partial charge in [0, 0.05) is 12.8 Å². The van der Waals surface area contributed by atoms with Gasteiger partial charge < -0.3 is 5.11 Å². The average molecular weight is 260 g/mol. The van der Waals surface area contributed by atoms with E-state index in [4.69, 9.17) is 5.11 Å². The number of alkyl halides is 1. The molecule has 1 nitrogen and oxygen atoms in total. The molecule has 1 atom stereocenters. The van der Waals surface area contributed by atoms with Gasteiger partial charge in [-0.15, -0.1) is 6.58 Å². The van der Waals surface area contributed by atoms with E-state index in [1.165, 1.54) is 30.3 Å². The fraction of sp³-hybridized carbons (Fsp3) is 0.231. The SMILES string of the molecule is C=CCC(F)(CC(F)=C(F)F)c1ccc(O)cc1. The van der Waals surface area contributed by atoms with Gasteiger partial charge in [0.25, 0.3) is 0 Å². The Morgan fingerprint density at radius 2 is 1.78 bits per heavy atom. The fourth-order valence-corrected chi connectivity index (χ4v) is 1.59. The summed E-state index contributed by atoms with van der Waals surface area (Å²) in [4.78, 5) is 0. The summed E-state index contributed by atoms with van der Waals surface area (Å²) in [5, 5.41) is 9.08. The van der Waals surface area contributed by atoms with Crippen molar-refractivity contribution in [1.29, 1.82) is 0 Å². The molecule has 1 rings (SSSR count). The number of rotatable bonds is 5. The van der Waals surface area contributed by atoms with Crippen LogP contribution in [-0.2, 0) is 5.67 Å². The molecule has 0 aliphatic carbocycles. The number of phenolic OH excluding ortho intramolecular Hbond substituents is 1. The maximum atomic E-state index is 14.5. The van der Waals surface area contributed by atoms with Gasteiger partial charge in [0.15, 0.2) is 5.83 Å². The Bertz CT molecular complexity index is 449. The van der Waals surface area contributed by atoms with Crippen LogP contribution in [0.2, 0.25) is 0 Å². The molecule has 0 aliphatic rings. The predicted octanol–water partition coefficient (Wildman–Crippen LogP) is 4.60. The minimum absolute atomic E-state index is 0.0107. The molecule has 1 aromatic rings. The van der Waals surface area contributed by atoms with Gasteiger partial charge in [-0.05, 0) is 17.7 Å². The Labute approximate surface area is 102 Å². The highest BCUT2D eigenvalue weighted by Gasteiger charge is 2.33. The standard InChI is InChI=1S/C13H12F4O/c1-2-7-13(17,8-11(14)12(15)16)9-3-5-10(18)6-4-9/h2-6,18H,1,7-8H2. The molecule has 0 bridgehead atoms. The molecular weight excluding hydrogens is 248 g/mol. The smallest absolute Gasteiger partial charge is 0.301 e. The van der Waals surface area contributed by atoms with Gasteiger partial charge in [-0.1, -0.05) is 18.2 Å². The van der Waals surface area contributed by atoms with Crippen molar-refractivity contribution < 1.29 is 22.7 Å². The van der Waals surface area contributed by atoms with Crippen LogP contribution in [0.4, 0.5) is 17.6 Å². The highest BCUT2D eigenvalue weighted by molar-refractivity contribution is 5.31. The predicted molar refractivity (Wildman–Crippen MR) is 60.7 cm³/mol. The number of hydrogen-bond acceptors (Lipinski definition) is 1. The second-order valence-electron chi connectivity index (χ2n) is 3.85. The van der Waals surface area contributed by atoms with Crippen molar-refractivity contribution in [2.75, 3.05) is 0 Å². The van der Waals surface area contributed by atoms with Crippen molar-refractivity contribution in [3.8, 4) is 5.75 Å². The molecule has 0 saturated heterocycles. The van der Waals surface area contributed by atoms with E-state index in [0.29, 0.717) is 0 Å². The fourth-order valence-electron chi connectivity index (χ4n) is 1.59. The molecule has 0 saturated carbocycles. The van der Waals surface area contributed by atoms with Crippen molar-refractivity contribution >= 4 is 0 Å². The van der Waals surface area contributed by atoms with Crippen molar-refractivity contribution in [3.05, 3.63) is 54.4 Å². The van der Waals surface area contributed by atoms with E-state index < -0.39 is 24.0 Å². The molecule has 0 heterocycles. The highest BCUT2D eigenvalue weighted by atomic mass is 19.3. The molecule has 0 spiro atoms. The molecule has 18 heavy (non-hydrogen) atoms. The lowest BCUT2D eigenvalue weighted by Crippen LogP contribution is -2.19. The summed E-state index contributed by atoms with van der Waals surface area (Å²) in [6.45, 7) is 3.33. The molecule has 1 unspecified atom stereocenters. The van der Waals surface area contributed by atoms with E-state index >= 15 is 0 Å². The number of halogens is 4. The average Bonchev–Trinajstić information content (AvgIpc) is 2.29. The van der Waals surface area contributed by atoms with Crippen LogP contribution in [0.3, 0.4) is 0 Å². The largest absolute Gasteiger partial charge is 0.508 e. The van der Waals surface area contributed by atoms with Crippen molar-refractivity contribution in [2.45, 2.75) is 18.5 Å². The van der Waals surface area contributed by atoms with Gasteiger partial charge in [-0.3, -0.25) is 0 Å². The van der Waals surface area contributed by atoms with Crippen LogP contribution in [0.5, 0.6) is 5.75 Å². The first-order chi connectivity index (χ1) is 8.39. The Hall–Kier alpha value is -1.78. The van der Waals surface area contributed by atoms with Gasteiger partial charge in [0.1, 0.15) is 11.4 Å². The van der Waals surface area contributed by atoms with Crippen LogP contribution < -0.4 is 0 Å². The van der Waals surface area contributed by atoms with Crippen LogP contribution in [-0.4, -0.2) is 5.11 Å². The molecule has 0 radical (unpaired) electrons. The van der Waals surface area contributed by atoms with Crippen LogP contribution in [0.1, 0.15) is 18.4 Å². The molecule has 0 aliphatic heterocycles. The Kier molecular flexibility index (Phi) is 4.53. The van der Waals surface area contributed by atoms with Gasteiger partial charge in [0.05, 0.1) is 0 Å². The van der Waals surface area contributed by atoms with E-state index in [2.05, 4.69) is 6.58 Å². The number of phenols is 1. The maximum absolute atomic E-state index is 14.5. The monoisotopic (exact) mass is 260 g/mol. The van der Waals surface area contributed by atoms with Crippen LogP contribution in [0.15, 0.2) is 48.8 Å². The summed E-state index contributed by atoms with van der Waals surface area (Å²) in [6, 6.07) is 4.87. The summed E-state index contributed by atoms with van der Waals surface area (Å²) in [7, 11) is 0. The number of hydrogen-bond donors (Lipinski definition) is 1. The van der Waals surface area contributed by atoms with E-state index in [1.54, 1.807) is 0 Å². The minimum Gasteiger partial charge on any atom is -0.508 e. The summed E-state index contributed by atoms with van der Waals surface area (Å²) < 4.78 is 51.5. The third kappa shape index (κ3) is 3.35. The molecule has 0 amide bonds. The lowest BCUT2D eigenvalue weighted by atomic mass is 9.88. The number of benzene rings is 1. The van der Waals surface area contributed by atoms with E-state index in [0.717, 1.165) is 0 Å². The zero-order valence-electron chi connectivity index (χ0n) is 9.47. The highest BCUT2D eigenvalue weighted by Crippen LogP contribution is 2.38. The Morgan fingerprint density at radius 3 is 2.22 bits per heavy atom. The molecule has 1 aromatic carbocycles. The number of aromatic hydroxyl groups is 1. The summed E-state index contributed by atoms with van der Waals surface area (Å²) >= 11 is 0. The lowest BCUT2D eigenvalue weighted by molar-refractivity contribution is 0.152. The number of allylic oxidation sites excluding steroid dienone is 2. The van der Waals surface area contributed by atoms with Crippen LogP contribution in [0.25, 0.3) is 0 Å². The summed E-state index contributed by atoms with van der Waals surface area (Å²) in [5.41, 5.74) is -2.29. The summed E-state index contributed by atoms with van der Waals surface area (Å²) in [6.07, 6.45) is -2.71. The molecule has 0 fully saturated rings. The van der Waals surface area contributed by atoms with Crippen molar-refractivity contribution in [2.24, 2.45) is 0 Å². The molecular formula is C13H12F4O. The second kappa shape index (κ2) is 5.71. The molecule has 1 N–H and O–H groups in total. The lowest BCUT2D eigenvalue weighted by Gasteiger charge is -2.23. The van der Waals surface area contributed by atoms with Crippen molar-refractivity contribution in [1.82, 2.24) is 0 Å². The first kappa shape index (κ1) is 14.3. The normalized spacial score (nSPS) is 13.8. The first-order valence-corrected chi connectivity index (χ1v) is 5.18. The third-order valence-corrected chi connectivity index (χ3v) is 2.49. The first-order valence-electron chi connectivity index (χ1n) is 5.18. The second-order valence-corrected chi connectivity index (χ2v) is 3.85. The molecule has 5 heteroatoms. The maximum Gasteiger partial charge on any atom is 0.301 e.